The van der Waals surface area contributed by atoms with E-state index >= 15 is 0 Å². The maximum Gasteiger partial charge on any atom is 0.490 e. The van der Waals surface area contributed by atoms with Crippen LogP contribution in [0.4, 0.5) is 13.2 Å². The zero-order valence-electron chi connectivity index (χ0n) is 18.4. The molecule has 0 unspecified atom stereocenters. The lowest BCUT2D eigenvalue weighted by atomic mass is 10.0. The van der Waals surface area contributed by atoms with Crippen molar-refractivity contribution in [3.63, 3.8) is 0 Å². The number of hydrogen-bond donors (Lipinski definition) is 3. The maximum atomic E-state index is 12.6. The number of carbonyl (C=O) groups excluding carboxylic acids is 1. The molecule has 3 heterocycles. The monoisotopic (exact) mass is 492 g/mol. The number of aromatic nitrogens is 4. The lowest BCUT2D eigenvalue weighted by Gasteiger charge is -2.11. The minimum Gasteiger partial charge on any atom is -0.475 e. The van der Waals surface area contributed by atoms with E-state index in [1.807, 2.05) is 24.4 Å². The minimum absolute atomic E-state index is 0.0371. The Morgan fingerprint density at radius 3 is 2.66 bits per heavy atom. The third-order valence-corrected chi connectivity index (χ3v) is 5.62. The molecule has 10 nitrogen and oxygen atoms in total. The first-order valence-corrected chi connectivity index (χ1v) is 10.9. The number of rotatable bonds is 6. The molecule has 0 spiro atoms. The number of halogens is 3. The molecule has 3 aromatic rings. The topological polar surface area (TPSA) is 135 Å². The van der Waals surface area contributed by atoms with Gasteiger partial charge in [-0.15, -0.1) is 5.10 Å². The van der Waals surface area contributed by atoms with E-state index in [9.17, 15) is 18.0 Å². The molecule has 2 aliphatic rings. The Balaban J connectivity index is 0.000000364. The van der Waals surface area contributed by atoms with Gasteiger partial charge in [0.25, 0.3) is 5.89 Å². The van der Waals surface area contributed by atoms with Crippen molar-refractivity contribution in [3.8, 4) is 11.3 Å². The molecular weight excluding hydrogens is 469 g/mol. The van der Waals surface area contributed by atoms with Gasteiger partial charge in [-0.3, -0.25) is 9.48 Å². The maximum absolute atomic E-state index is 12.6. The van der Waals surface area contributed by atoms with E-state index in [-0.39, 0.29) is 23.9 Å². The predicted molar refractivity (Wildman–Crippen MR) is 115 cm³/mol. The van der Waals surface area contributed by atoms with E-state index in [0.717, 1.165) is 18.5 Å². The number of nitrogens with one attached hydrogen (secondary N) is 2. The number of hydrogen-bond acceptors (Lipinski definition) is 7. The highest BCUT2D eigenvalue weighted by atomic mass is 19.4. The molecule has 2 fully saturated rings. The van der Waals surface area contributed by atoms with Crippen LogP contribution in [0.25, 0.3) is 11.3 Å². The molecule has 0 bridgehead atoms. The lowest BCUT2D eigenvalue weighted by molar-refractivity contribution is -0.192. The summed E-state index contributed by atoms with van der Waals surface area (Å²) in [5.41, 5.74) is 2.31. The van der Waals surface area contributed by atoms with Crippen LogP contribution in [-0.2, 0) is 11.3 Å². The van der Waals surface area contributed by atoms with Crippen molar-refractivity contribution in [2.45, 2.75) is 50.0 Å². The van der Waals surface area contributed by atoms with Crippen molar-refractivity contribution in [1.82, 2.24) is 30.6 Å². The van der Waals surface area contributed by atoms with Crippen molar-refractivity contribution >= 4 is 11.9 Å². The molecule has 2 atom stereocenters. The molecule has 1 saturated carbocycles. The van der Waals surface area contributed by atoms with Crippen molar-refractivity contribution in [2.75, 3.05) is 6.54 Å². The average molecular weight is 492 g/mol. The van der Waals surface area contributed by atoms with Gasteiger partial charge in [-0.05, 0) is 30.7 Å². The second kappa shape index (κ2) is 10.3. The summed E-state index contributed by atoms with van der Waals surface area (Å²) in [6.45, 7) is 1.44. The normalized spacial score (nSPS) is 19.6. The van der Waals surface area contributed by atoms with E-state index in [1.165, 1.54) is 18.4 Å². The van der Waals surface area contributed by atoms with Crippen LogP contribution in [0.1, 0.15) is 41.4 Å². The number of nitrogens with zero attached hydrogens (tertiary/aromatic N) is 4. The number of alkyl halides is 3. The SMILES string of the molecule is O=C(N[C@H]1CN[C@H](Cn2ccnn2)C1)c1ncc(-c2ccccc2C2CC2)o1.O=C(O)C(F)(F)F. The average Bonchev–Trinajstić information content (AvgIpc) is 3.18. The summed E-state index contributed by atoms with van der Waals surface area (Å²) in [5.74, 6) is -1.66. The first kappa shape index (κ1) is 24.4. The molecule has 1 aliphatic carbocycles. The number of carboxylic acid groups (broad SMARTS) is 1. The lowest BCUT2D eigenvalue weighted by Crippen LogP contribution is -2.36. The number of oxazole rings is 1. The number of carbonyl (C=O) groups is 2. The fraction of sp³-hybridized carbons (Fsp3) is 0.409. The molecule has 0 radical (unpaired) electrons. The molecule has 186 valence electrons. The summed E-state index contributed by atoms with van der Waals surface area (Å²) in [6, 6.07) is 8.49. The van der Waals surface area contributed by atoms with Gasteiger partial charge in [-0.25, -0.2) is 9.78 Å². The van der Waals surface area contributed by atoms with Crippen LogP contribution >= 0.6 is 0 Å². The van der Waals surface area contributed by atoms with Gasteiger partial charge in [0, 0.05) is 30.4 Å². The molecule has 1 aromatic carbocycles. The molecule has 2 aromatic heterocycles. The van der Waals surface area contributed by atoms with Gasteiger partial charge in [0.2, 0.25) is 0 Å². The molecule has 35 heavy (non-hydrogen) atoms. The zero-order chi connectivity index (χ0) is 25.0. The molecule has 1 aliphatic heterocycles. The van der Waals surface area contributed by atoms with E-state index in [1.54, 1.807) is 17.1 Å². The van der Waals surface area contributed by atoms with Gasteiger partial charge in [-0.1, -0.05) is 29.5 Å². The van der Waals surface area contributed by atoms with Crippen LogP contribution in [0.2, 0.25) is 0 Å². The highest BCUT2D eigenvalue weighted by Gasteiger charge is 2.38. The second-order valence-corrected chi connectivity index (χ2v) is 8.33. The van der Waals surface area contributed by atoms with Crippen LogP contribution in [0.3, 0.4) is 0 Å². The largest absolute Gasteiger partial charge is 0.490 e. The van der Waals surface area contributed by atoms with Crippen molar-refractivity contribution in [2.24, 2.45) is 0 Å². The van der Waals surface area contributed by atoms with Crippen molar-refractivity contribution in [3.05, 3.63) is 54.3 Å². The summed E-state index contributed by atoms with van der Waals surface area (Å²) in [6.07, 6.45) is 3.31. The first-order chi connectivity index (χ1) is 16.7. The fourth-order valence-electron chi connectivity index (χ4n) is 3.85. The van der Waals surface area contributed by atoms with E-state index < -0.39 is 12.1 Å². The van der Waals surface area contributed by atoms with Gasteiger partial charge in [0.1, 0.15) is 0 Å². The first-order valence-electron chi connectivity index (χ1n) is 10.9. The van der Waals surface area contributed by atoms with E-state index in [4.69, 9.17) is 14.3 Å². The zero-order valence-corrected chi connectivity index (χ0v) is 18.4. The highest BCUT2D eigenvalue weighted by Crippen LogP contribution is 2.44. The highest BCUT2D eigenvalue weighted by molar-refractivity contribution is 5.90. The quantitative estimate of drug-likeness (QED) is 0.478. The predicted octanol–water partition coefficient (Wildman–Crippen LogP) is 2.60. The third kappa shape index (κ3) is 6.44. The smallest absolute Gasteiger partial charge is 0.475 e. The minimum atomic E-state index is -5.08. The molecule has 3 N–H and O–H groups in total. The summed E-state index contributed by atoms with van der Waals surface area (Å²) >= 11 is 0. The van der Waals surface area contributed by atoms with Gasteiger partial charge >= 0.3 is 18.1 Å². The molecule has 1 saturated heterocycles. The van der Waals surface area contributed by atoms with Crippen LogP contribution in [0.15, 0.2) is 47.3 Å². The number of aliphatic carboxylic acids is 1. The number of carboxylic acids is 1. The number of amides is 1. The Labute approximate surface area is 197 Å². The Morgan fingerprint density at radius 2 is 2.00 bits per heavy atom. The van der Waals surface area contributed by atoms with Crippen molar-refractivity contribution in [1.29, 1.82) is 0 Å². The van der Waals surface area contributed by atoms with Gasteiger partial charge < -0.3 is 20.2 Å². The van der Waals surface area contributed by atoms with E-state index in [2.05, 4.69) is 32.0 Å². The number of benzene rings is 1. The van der Waals surface area contributed by atoms with Gasteiger partial charge in [-0.2, -0.15) is 13.2 Å². The Kier molecular flexibility index (Phi) is 7.15. The Morgan fingerprint density at radius 1 is 1.26 bits per heavy atom. The van der Waals surface area contributed by atoms with Crippen LogP contribution < -0.4 is 10.6 Å². The van der Waals surface area contributed by atoms with E-state index in [0.29, 0.717) is 18.2 Å². The molecule has 5 rings (SSSR count). The Hall–Kier alpha value is -3.74. The summed E-state index contributed by atoms with van der Waals surface area (Å²) in [5, 5.41) is 21.3. The molecule has 1 amide bonds. The van der Waals surface area contributed by atoms with Crippen LogP contribution in [0, 0.1) is 0 Å². The second-order valence-electron chi connectivity index (χ2n) is 8.33. The van der Waals surface area contributed by atoms with Crippen LogP contribution in [0.5, 0.6) is 0 Å². The summed E-state index contributed by atoms with van der Waals surface area (Å²) in [4.78, 5) is 25.7. The van der Waals surface area contributed by atoms with Crippen LogP contribution in [-0.4, -0.2) is 61.8 Å². The summed E-state index contributed by atoms with van der Waals surface area (Å²) in [7, 11) is 0. The Bertz CT molecular complexity index is 1160. The molecule has 13 heteroatoms. The fourth-order valence-corrected chi connectivity index (χ4v) is 3.85. The molecular formula is C22H23F3N6O4. The van der Waals surface area contributed by atoms with Gasteiger partial charge in [0.05, 0.1) is 18.9 Å². The third-order valence-electron chi connectivity index (χ3n) is 5.62. The summed E-state index contributed by atoms with van der Waals surface area (Å²) < 4.78 is 39.3. The van der Waals surface area contributed by atoms with Gasteiger partial charge in [0.15, 0.2) is 5.76 Å². The van der Waals surface area contributed by atoms with Crippen molar-refractivity contribution < 1.29 is 32.3 Å². The standard InChI is InChI=1S/C20H22N6O2.C2HF3O2/c27-19(24-14-9-15(21-10-14)12-26-8-7-23-25-26)20-22-11-18(28-20)17-4-2-1-3-16(17)13-5-6-13;3-2(4,5)1(6)7/h1-4,7-8,11,13-15,21H,5-6,9-10,12H2,(H,24,27);(H,6,7)/t14-,15+;/m1./s1.